The minimum atomic E-state index is 0.0370. The molecule has 0 aromatic heterocycles. The SMILES string of the molecule is O=C(COc1ccccc1)N1CCN(Sc2ccc(Cl)cc2)CC1. The Hall–Kier alpha value is -1.69. The topological polar surface area (TPSA) is 32.8 Å². The Bertz CT molecular complexity index is 658. The van der Waals surface area contributed by atoms with E-state index in [-0.39, 0.29) is 12.5 Å². The molecule has 0 aliphatic carbocycles. The van der Waals surface area contributed by atoms with Crippen LogP contribution in [0.25, 0.3) is 0 Å². The molecular weight excluding hydrogens is 344 g/mol. The zero-order valence-corrected chi connectivity index (χ0v) is 14.8. The van der Waals surface area contributed by atoms with E-state index in [0.29, 0.717) is 0 Å². The van der Waals surface area contributed by atoms with Crippen LogP contribution < -0.4 is 4.74 Å². The van der Waals surface area contributed by atoms with Crippen molar-refractivity contribution >= 4 is 29.5 Å². The fraction of sp³-hybridized carbons (Fsp3) is 0.278. The highest BCUT2D eigenvalue weighted by molar-refractivity contribution is 7.97. The molecule has 2 aromatic carbocycles. The molecule has 24 heavy (non-hydrogen) atoms. The van der Waals surface area contributed by atoms with Crippen LogP contribution in [0.2, 0.25) is 5.02 Å². The van der Waals surface area contributed by atoms with Gasteiger partial charge in [-0.15, -0.1) is 0 Å². The standard InChI is InChI=1S/C18H19ClN2O2S/c19-15-6-8-17(9-7-15)24-21-12-10-20(11-13-21)18(22)14-23-16-4-2-1-3-5-16/h1-9H,10-14H2. The number of ether oxygens (including phenoxy) is 1. The number of rotatable bonds is 5. The van der Waals surface area contributed by atoms with Crippen molar-refractivity contribution in [3.05, 3.63) is 59.6 Å². The van der Waals surface area contributed by atoms with Crippen molar-refractivity contribution in [2.75, 3.05) is 32.8 Å². The Morgan fingerprint density at radius 2 is 1.67 bits per heavy atom. The van der Waals surface area contributed by atoms with Crippen molar-refractivity contribution in [2.45, 2.75) is 4.90 Å². The first-order chi connectivity index (χ1) is 11.7. The fourth-order valence-electron chi connectivity index (χ4n) is 2.43. The largest absolute Gasteiger partial charge is 0.484 e. The predicted octanol–water partition coefficient (Wildman–Crippen LogP) is 3.57. The van der Waals surface area contributed by atoms with Gasteiger partial charge in [-0.25, -0.2) is 4.31 Å². The van der Waals surface area contributed by atoms with Gasteiger partial charge in [0.25, 0.3) is 5.91 Å². The van der Waals surface area contributed by atoms with E-state index in [9.17, 15) is 4.79 Å². The number of halogens is 1. The minimum absolute atomic E-state index is 0.0370. The number of para-hydroxylation sites is 1. The molecule has 0 unspecified atom stereocenters. The monoisotopic (exact) mass is 362 g/mol. The van der Waals surface area contributed by atoms with Gasteiger partial charge >= 0.3 is 0 Å². The van der Waals surface area contributed by atoms with Crippen LogP contribution in [0.1, 0.15) is 0 Å². The van der Waals surface area contributed by atoms with E-state index < -0.39 is 0 Å². The molecule has 1 aliphatic heterocycles. The Morgan fingerprint density at radius 1 is 1.00 bits per heavy atom. The van der Waals surface area contributed by atoms with Gasteiger partial charge in [0.1, 0.15) is 5.75 Å². The number of carbonyl (C=O) groups excluding carboxylic acids is 1. The lowest BCUT2D eigenvalue weighted by atomic mass is 10.3. The van der Waals surface area contributed by atoms with E-state index in [1.165, 1.54) is 0 Å². The first-order valence-corrected chi connectivity index (χ1v) is 9.00. The molecule has 126 valence electrons. The van der Waals surface area contributed by atoms with Gasteiger partial charge in [0.15, 0.2) is 6.61 Å². The molecule has 0 N–H and O–H groups in total. The Morgan fingerprint density at radius 3 is 2.33 bits per heavy atom. The van der Waals surface area contributed by atoms with E-state index in [0.717, 1.165) is 41.8 Å². The van der Waals surface area contributed by atoms with E-state index in [1.807, 2.05) is 59.5 Å². The Kier molecular flexibility index (Phi) is 6.01. The number of amides is 1. The van der Waals surface area contributed by atoms with Crippen molar-refractivity contribution in [3.63, 3.8) is 0 Å². The normalized spacial score (nSPS) is 15.3. The summed E-state index contributed by atoms with van der Waals surface area (Å²) in [7, 11) is 0. The molecule has 1 amide bonds. The number of nitrogens with zero attached hydrogens (tertiary/aromatic N) is 2. The first kappa shape index (κ1) is 17.1. The number of hydrogen-bond donors (Lipinski definition) is 0. The number of benzene rings is 2. The second-order valence-electron chi connectivity index (χ2n) is 5.46. The summed E-state index contributed by atoms with van der Waals surface area (Å²) >= 11 is 7.61. The van der Waals surface area contributed by atoms with Crippen LogP contribution in [0.5, 0.6) is 5.75 Å². The molecule has 0 bridgehead atoms. The van der Waals surface area contributed by atoms with Crippen LogP contribution in [0.15, 0.2) is 59.5 Å². The van der Waals surface area contributed by atoms with Gasteiger partial charge in [0, 0.05) is 36.1 Å². The van der Waals surface area contributed by atoms with Gasteiger partial charge in [-0.05, 0) is 48.3 Å². The van der Waals surface area contributed by atoms with Crippen LogP contribution in [0.4, 0.5) is 0 Å². The molecule has 2 aromatic rings. The van der Waals surface area contributed by atoms with Crippen LogP contribution in [0, 0.1) is 0 Å². The number of hydrogen-bond acceptors (Lipinski definition) is 4. The molecular formula is C18H19ClN2O2S. The van der Waals surface area contributed by atoms with Crippen LogP contribution >= 0.6 is 23.5 Å². The summed E-state index contributed by atoms with van der Waals surface area (Å²) in [4.78, 5) is 15.3. The van der Waals surface area contributed by atoms with Crippen LogP contribution in [-0.2, 0) is 4.79 Å². The first-order valence-electron chi connectivity index (χ1n) is 7.85. The third-order valence-electron chi connectivity index (χ3n) is 3.75. The van der Waals surface area contributed by atoms with Gasteiger partial charge in [-0.2, -0.15) is 0 Å². The zero-order chi connectivity index (χ0) is 16.8. The summed E-state index contributed by atoms with van der Waals surface area (Å²) in [6, 6.07) is 17.2. The van der Waals surface area contributed by atoms with Gasteiger partial charge in [-0.1, -0.05) is 29.8 Å². The lowest BCUT2D eigenvalue weighted by Gasteiger charge is -2.33. The van der Waals surface area contributed by atoms with Crippen molar-refractivity contribution < 1.29 is 9.53 Å². The average Bonchev–Trinajstić information content (AvgIpc) is 2.63. The lowest BCUT2D eigenvalue weighted by molar-refractivity contribution is -0.134. The maximum absolute atomic E-state index is 12.2. The summed E-state index contributed by atoms with van der Waals surface area (Å²) in [5, 5.41) is 0.744. The Labute approximate surface area is 151 Å². The van der Waals surface area contributed by atoms with Gasteiger partial charge in [0.05, 0.1) is 0 Å². The molecule has 4 nitrogen and oxygen atoms in total. The number of carbonyl (C=O) groups is 1. The second-order valence-corrected chi connectivity index (χ2v) is 7.06. The maximum Gasteiger partial charge on any atom is 0.260 e. The van der Waals surface area contributed by atoms with Crippen molar-refractivity contribution in [2.24, 2.45) is 0 Å². The van der Waals surface area contributed by atoms with Gasteiger partial charge in [0.2, 0.25) is 0 Å². The third kappa shape index (κ3) is 4.90. The minimum Gasteiger partial charge on any atom is -0.484 e. The smallest absolute Gasteiger partial charge is 0.260 e. The van der Waals surface area contributed by atoms with Gasteiger partial charge < -0.3 is 9.64 Å². The van der Waals surface area contributed by atoms with Crippen LogP contribution in [0.3, 0.4) is 0 Å². The van der Waals surface area contributed by atoms with Crippen molar-refractivity contribution in [3.8, 4) is 5.75 Å². The predicted molar refractivity (Wildman–Crippen MR) is 97.4 cm³/mol. The van der Waals surface area contributed by atoms with Gasteiger partial charge in [-0.3, -0.25) is 4.79 Å². The van der Waals surface area contributed by atoms with E-state index in [1.54, 1.807) is 11.9 Å². The lowest BCUT2D eigenvalue weighted by Crippen LogP contribution is -2.47. The summed E-state index contributed by atoms with van der Waals surface area (Å²) in [5.74, 6) is 0.762. The van der Waals surface area contributed by atoms with Crippen LogP contribution in [-0.4, -0.2) is 47.9 Å². The fourth-order valence-corrected chi connectivity index (χ4v) is 3.45. The van der Waals surface area contributed by atoms with E-state index >= 15 is 0 Å². The molecule has 3 rings (SSSR count). The highest BCUT2D eigenvalue weighted by Crippen LogP contribution is 2.25. The third-order valence-corrected chi connectivity index (χ3v) is 5.10. The van der Waals surface area contributed by atoms with E-state index in [2.05, 4.69) is 4.31 Å². The average molecular weight is 363 g/mol. The molecule has 0 atom stereocenters. The molecule has 0 saturated carbocycles. The summed E-state index contributed by atoms with van der Waals surface area (Å²) in [5.41, 5.74) is 0. The van der Waals surface area contributed by atoms with Crippen molar-refractivity contribution in [1.82, 2.24) is 9.21 Å². The van der Waals surface area contributed by atoms with E-state index in [4.69, 9.17) is 16.3 Å². The molecule has 1 fully saturated rings. The zero-order valence-electron chi connectivity index (χ0n) is 13.2. The molecule has 1 saturated heterocycles. The molecule has 0 spiro atoms. The summed E-state index contributed by atoms with van der Waals surface area (Å²) in [6.07, 6.45) is 0. The summed E-state index contributed by atoms with van der Waals surface area (Å²) in [6.45, 7) is 3.21. The maximum atomic E-state index is 12.2. The highest BCUT2D eigenvalue weighted by atomic mass is 35.5. The number of piperazine rings is 1. The van der Waals surface area contributed by atoms with Crippen molar-refractivity contribution in [1.29, 1.82) is 0 Å². The molecule has 1 heterocycles. The molecule has 1 aliphatic rings. The quantitative estimate of drug-likeness (QED) is 0.761. The Balaban J connectivity index is 1.42. The highest BCUT2D eigenvalue weighted by Gasteiger charge is 2.22. The summed E-state index contributed by atoms with van der Waals surface area (Å²) < 4.78 is 7.80. The molecule has 6 heteroatoms. The molecule has 0 radical (unpaired) electrons. The second kappa shape index (κ2) is 8.42.